The minimum atomic E-state index is -0.553. The number of aliphatic hydroxyl groups excluding tert-OH is 1. The zero-order chi connectivity index (χ0) is 13.9. The summed E-state index contributed by atoms with van der Waals surface area (Å²) in [5, 5.41) is 22.4. The first-order valence-electron chi connectivity index (χ1n) is 5.60. The third-order valence-corrected chi connectivity index (χ3v) is 2.83. The van der Waals surface area contributed by atoms with E-state index in [9.17, 15) is 14.9 Å². The van der Waals surface area contributed by atoms with Crippen LogP contribution in [0.1, 0.15) is 24.3 Å². The van der Waals surface area contributed by atoms with E-state index in [2.05, 4.69) is 5.32 Å². The fourth-order valence-corrected chi connectivity index (χ4v) is 1.58. The molecule has 0 radical (unpaired) electrons. The van der Waals surface area contributed by atoms with Crippen LogP contribution in [-0.2, 0) is 7.05 Å². The molecule has 7 nitrogen and oxygen atoms in total. The number of carbonyl (C=O) groups is 1. The van der Waals surface area contributed by atoms with Gasteiger partial charge in [-0.1, -0.05) is 13.8 Å². The van der Waals surface area contributed by atoms with E-state index in [-0.39, 0.29) is 30.1 Å². The number of nitro groups is 1. The fourth-order valence-electron chi connectivity index (χ4n) is 1.58. The Balaban J connectivity index is 2.88. The van der Waals surface area contributed by atoms with Crippen LogP contribution in [0.25, 0.3) is 0 Å². The monoisotopic (exact) mass is 255 g/mol. The highest BCUT2D eigenvalue weighted by atomic mass is 16.6. The average molecular weight is 255 g/mol. The second-order valence-electron chi connectivity index (χ2n) is 4.40. The van der Waals surface area contributed by atoms with E-state index in [0.29, 0.717) is 0 Å². The van der Waals surface area contributed by atoms with Crippen molar-refractivity contribution < 1.29 is 14.8 Å². The van der Waals surface area contributed by atoms with Gasteiger partial charge in [-0.3, -0.25) is 4.79 Å². The number of amides is 1. The van der Waals surface area contributed by atoms with Gasteiger partial charge in [0.2, 0.25) is 0 Å². The van der Waals surface area contributed by atoms with Crippen molar-refractivity contribution in [1.29, 1.82) is 0 Å². The summed E-state index contributed by atoms with van der Waals surface area (Å²) in [6.07, 6.45) is 0. The molecule has 2 N–H and O–H groups in total. The van der Waals surface area contributed by atoms with Crippen LogP contribution in [-0.4, -0.2) is 33.2 Å². The van der Waals surface area contributed by atoms with Crippen LogP contribution in [0.4, 0.5) is 5.82 Å². The fraction of sp³-hybridized carbons (Fsp3) is 0.545. The summed E-state index contributed by atoms with van der Waals surface area (Å²) in [6, 6.07) is 2.30. The molecule has 0 aliphatic heterocycles. The first-order valence-corrected chi connectivity index (χ1v) is 5.60. The predicted molar refractivity (Wildman–Crippen MR) is 65.2 cm³/mol. The van der Waals surface area contributed by atoms with E-state index < -0.39 is 10.8 Å². The normalized spacial score (nSPS) is 12.5. The molecule has 0 aliphatic carbocycles. The molecule has 1 aromatic heterocycles. The van der Waals surface area contributed by atoms with Gasteiger partial charge in [0.15, 0.2) is 5.69 Å². The molecule has 0 saturated carbocycles. The van der Waals surface area contributed by atoms with Crippen LogP contribution in [0, 0.1) is 16.0 Å². The van der Waals surface area contributed by atoms with Crippen molar-refractivity contribution in [2.75, 3.05) is 6.61 Å². The molecule has 1 aromatic rings. The number of aromatic nitrogens is 1. The highest BCUT2D eigenvalue weighted by Gasteiger charge is 2.23. The maximum Gasteiger partial charge on any atom is 0.323 e. The summed E-state index contributed by atoms with van der Waals surface area (Å²) < 4.78 is 1.21. The zero-order valence-electron chi connectivity index (χ0n) is 10.6. The predicted octanol–water partition coefficient (Wildman–Crippen LogP) is 0.680. The van der Waals surface area contributed by atoms with E-state index in [4.69, 9.17) is 5.11 Å². The highest BCUT2D eigenvalue weighted by molar-refractivity contribution is 5.93. The van der Waals surface area contributed by atoms with Crippen LogP contribution >= 0.6 is 0 Å². The van der Waals surface area contributed by atoms with Gasteiger partial charge in [0.05, 0.1) is 19.7 Å². The van der Waals surface area contributed by atoms with Gasteiger partial charge in [0, 0.05) is 6.07 Å². The summed E-state index contributed by atoms with van der Waals surface area (Å²) in [6.45, 7) is 3.57. The quantitative estimate of drug-likeness (QED) is 0.597. The topological polar surface area (TPSA) is 97.4 Å². The maximum absolute atomic E-state index is 11.9. The Morgan fingerprint density at radius 3 is 2.56 bits per heavy atom. The molecule has 0 aliphatic rings. The Bertz CT molecular complexity index is 453. The largest absolute Gasteiger partial charge is 0.394 e. The van der Waals surface area contributed by atoms with Crippen LogP contribution < -0.4 is 5.32 Å². The number of carbonyl (C=O) groups excluding carboxylic acids is 1. The van der Waals surface area contributed by atoms with Crippen LogP contribution in [0.15, 0.2) is 12.1 Å². The van der Waals surface area contributed by atoms with Gasteiger partial charge in [-0.25, -0.2) is 4.57 Å². The van der Waals surface area contributed by atoms with Crippen molar-refractivity contribution in [3.8, 4) is 0 Å². The molecule has 0 aromatic carbocycles. The lowest BCUT2D eigenvalue weighted by molar-refractivity contribution is -0.391. The molecule has 0 spiro atoms. The molecule has 0 unspecified atom stereocenters. The Morgan fingerprint density at radius 1 is 1.56 bits per heavy atom. The van der Waals surface area contributed by atoms with Gasteiger partial charge in [-0.15, -0.1) is 0 Å². The Morgan fingerprint density at radius 2 is 2.17 bits per heavy atom. The van der Waals surface area contributed by atoms with Crippen molar-refractivity contribution >= 4 is 11.7 Å². The Labute approximate surface area is 105 Å². The van der Waals surface area contributed by atoms with Gasteiger partial charge in [-0.05, 0) is 16.9 Å². The van der Waals surface area contributed by atoms with Crippen LogP contribution in [0.5, 0.6) is 0 Å². The first kappa shape index (κ1) is 14.2. The van der Waals surface area contributed by atoms with E-state index in [0.717, 1.165) is 0 Å². The number of hydrogen-bond acceptors (Lipinski definition) is 4. The smallest absolute Gasteiger partial charge is 0.323 e. The standard InChI is InChI=1S/C11H17N3O4/c1-7(2)8(6-15)12-11(16)9-4-5-10(13(9)3)14(17)18/h4-5,7-8,15H,6H2,1-3H3,(H,12,16)/t8-/m1/s1. The van der Waals surface area contributed by atoms with Gasteiger partial charge >= 0.3 is 5.82 Å². The number of nitrogens with zero attached hydrogens (tertiary/aromatic N) is 2. The summed E-state index contributed by atoms with van der Waals surface area (Å²) in [7, 11) is 1.45. The van der Waals surface area contributed by atoms with Crippen molar-refractivity contribution in [3.63, 3.8) is 0 Å². The molecule has 1 atom stereocenters. The third-order valence-electron chi connectivity index (χ3n) is 2.83. The molecule has 7 heteroatoms. The van der Waals surface area contributed by atoms with Crippen molar-refractivity contribution in [3.05, 3.63) is 27.9 Å². The van der Waals surface area contributed by atoms with Gasteiger partial charge in [-0.2, -0.15) is 0 Å². The van der Waals surface area contributed by atoms with E-state index in [1.165, 1.54) is 23.7 Å². The van der Waals surface area contributed by atoms with Gasteiger partial charge in [0.1, 0.15) is 0 Å². The van der Waals surface area contributed by atoms with Crippen LogP contribution in [0.3, 0.4) is 0 Å². The van der Waals surface area contributed by atoms with Crippen molar-refractivity contribution in [2.24, 2.45) is 13.0 Å². The second kappa shape index (κ2) is 5.63. The first-order chi connectivity index (χ1) is 8.38. The van der Waals surface area contributed by atoms with Crippen molar-refractivity contribution in [1.82, 2.24) is 9.88 Å². The third kappa shape index (κ3) is 2.86. The molecule has 0 fully saturated rings. The van der Waals surface area contributed by atoms with E-state index in [1.807, 2.05) is 13.8 Å². The second-order valence-corrected chi connectivity index (χ2v) is 4.40. The number of nitrogens with one attached hydrogen (secondary N) is 1. The lowest BCUT2D eigenvalue weighted by atomic mass is 10.1. The number of rotatable bonds is 5. The summed E-state index contributed by atoms with van der Waals surface area (Å²) in [5.74, 6) is -0.502. The van der Waals surface area contributed by atoms with E-state index in [1.54, 1.807) is 0 Å². The molecule has 100 valence electrons. The SMILES string of the molecule is CC(C)[C@@H](CO)NC(=O)c1ccc([N+](=O)[O-])n1C. The van der Waals surface area contributed by atoms with Crippen LogP contribution in [0.2, 0.25) is 0 Å². The zero-order valence-corrected chi connectivity index (χ0v) is 10.6. The lowest BCUT2D eigenvalue weighted by Gasteiger charge is -2.19. The molecular formula is C11H17N3O4. The number of aliphatic hydroxyl groups is 1. The molecule has 0 saturated heterocycles. The molecule has 1 heterocycles. The molecule has 1 rings (SSSR count). The molecule has 0 bridgehead atoms. The minimum Gasteiger partial charge on any atom is -0.394 e. The molecule has 18 heavy (non-hydrogen) atoms. The summed E-state index contributed by atoms with van der Waals surface area (Å²) >= 11 is 0. The van der Waals surface area contributed by atoms with Gasteiger partial charge < -0.3 is 20.5 Å². The number of hydrogen-bond donors (Lipinski definition) is 2. The Hall–Kier alpha value is -1.89. The molecular weight excluding hydrogens is 238 g/mol. The lowest BCUT2D eigenvalue weighted by Crippen LogP contribution is -2.41. The summed E-state index contributed by atoms with van der Waals surface area (Å²) in [4.78, 5) is 22.0. The minimum absolute atomic E-state index is 0.0780. The summed E-state index contributed by atoms with van der Waals surface area (Å²) in [5.41, 5.74) is 0.195. The van der Waals surface area contributed by atoms with Crippen molar-refractivity contribution in [2.45, 2.75) is 19.9 Å². The van der Waals surface area contributed by atoms with Gasteiger partial charge in [0.25, 0.3) is 5.91 Å². The highest BCUT2D eigenvalue weighted by Crippen LogP contribution is 2.15. The molecule has 1 amide bonds. The van der Waals surface area contributed by atoms with E-state index >= 15 is 0 Å². The Kier molecular flexibility index (Phi) is 4.43. The average Bonchev–Trinajstić information content (AvgIpc) is 2.67. The maximum atomic E-state index is 11.9.